The standard InChI is InChI=1S/C22H26FN3O2/c23-18-8-10-19(11-9-18)25-22(28)21(27)24-14-4-5-17-6-12-20(13-7-17)26-15-2-1-3-16-26/h6-13H,1-5,14-16H2,(H,24,27)(H,25,28). The Hall–Kier alpha value is -2.89. The van der Waals surface area contributed by atoms with Gasteiger partial charge in [0.1, 0.15) is 5.82 Å². The van der Waals surface area contributed by atoms with E-state index in [1.54, 1.807) is 0 Å². The maximum Gasteiger partial charge on any atom is 0.313 e. The number of anilines is 2. The van der Waals surface area contributed by atoms with Gasteiger partial charge in [0, 0.05) is 31.0 Å². The monoisotopic (exact) mass is 383 g/mol. The second kappa shape index (κ2) is 9.88. The summed E-state index contributed by atoms with van der Waals surface area (Å²) in [5.41, 5.74) is 2.87. The third-order valence-electron chi connectivity index (χ3n) is 4.89. The number of carbonyl (C=O) groups excluding carboxylic acids is 2. The molecule has 0 saturated carbocycles. The molecular weight excluding hydrogens is 357 g/mol. The second-order valence-corrected chi connectivity index (χ2v) is 7.03. The number of piperidine rings is 1. The number of aryl methyl sites for hydroxylation is 1. The van der Waals surface area contributed by atoms with Crippen molar-refractivity contribution in [2.45, 2.75) is 32.1 Å². The average Bonchev–Trinajstić information content (AvgIpc) is 2.73. The number of hydrogen-bond donors (Lipinski definition) is 2. The van der Waals surface area contributed by atoms with Crippen molar-refractivity contribution in [1.29, 1.82) is 0 Å². The molecule has 148 valence electrons. The van der Waals surface area contributed by atoms with Crippen LogP contribution in [0.25, 0.3) is 0 Å². The third-order valence-corrected chi connectivity index (χ3v) is 4.89. The molecule has 0 spiro atoms. The highest BCUT2D eigenvalue weighted by atomic mass is 19.1. The van der Waals surface area contributed by atoms with Crippen LogP contribution in [0.1, 0.15) is 31.2 Å². The summed E-state index contributed by atoms with van der Waals surface area (Å²) in [4.78, 5) is 26.1. The van der Waals surface area contributed by atoms with Crippen molar-refractivity contribution in [2.24, 2.45) is 0 Å². The SMILES string of the molecule is O=C(NCCCc1ccc(N2CCCCC2)cc1)C(=O)Nc1ccc(F)cc1. The van der Waals surface area contributed by atoms with Crippen molar-refractivity contribution in [3.05, 3.63) is 59.9 Å². The molecule has 1 heterocycles. The summed E-state index contributed by atoms with van der Waals surface area (Å²) in [7, 11) is 0. The lowest BCUT2D eigenvalue weighted by atomic mass is 10.1. The Labute approximate surface area is 164 Å². The van der Waals surface area contributed by atoms with Crippen LogP contribution >= 0.6 is 0 Å². The summed E-state index contributed by atoms with van der Waals surface area (Å²) in [5, 5.41) is 5.06. The lowest BCUT2D eigenvalue weighted by Crippen LogP contribution is -2.36. The van der Waals surface area contributed by atoms with Crippen LogP contribution in [0, 0.1) is 5.82 Å². The van der Waals surface area contributed by atoms with Crippen LogP contribution in [0.2, 0.25) is 0 Å². The van der Waals surface area contributed by atoms with Gasteiger partial charge < -0.3 is 15.5 Å². The molecule has 28 heavy (non-hydrogen) atoms. The molecule has 0 radical (unpaired) electrons. The van der Waals surface area contributed by atoms with Gasteiger partial charge in [-0.05, 0) is 74.1 Å². The van der Waals surface area contributed by atoms with Crippen molar-refractivity contribution < 1.29 is 14.0 Å². The zero-order valence-corrected chi connectivity index (χ0v) is 15.9. The van der Waals surface area contributed by atoms with E-state index in [0.717, 1.165) is 25.9 Å². The fraction of sp³-hybridized carbons (Fsp3) is 0.364. The highest BCUT2D eigenvalue weighted by Gasteiger charge is 2.13. The van der Waals surface area contributed by atoms with Crippen LogP contribution in [0.5, 0.6) is 0 Å². The lowest BCUT2D eigenvalue weighted by molar-refractivity contribution is -0.136. The Morgan fingerprint density at radius 3 is 2.25 bits per heavy atom. The van der Waals surface area contributed by atoms with E-state index in [1.165, 1.54) is 54.8 Å². The van der Waals surface area contributed by atoms with Gasteiger partial charge in [-0.25, -0.2) is 4.39 Å². The maximum absolute atomic E-state index is 12.9. The smallest absolute Gasteiger partial charge is 0.313 e. The fourth-order valence-electron chi connectivity index (χ4n) is 3.32. The summed E-state index contributed by atoms with van der Waals surface area (Å²) >= 11 is 0. The van der Waals surface area contributed by atoms with E-state index >= 15 is 0 Å². The molecule has 1 aliphatic heterocycles. The summed E-state index contributed by atoms with van der Waals surface area (Å²) in [5.74, 6) is -1.84. The van der Waals surface area contributed by atoms with Gasteiger partial charge in [-0.3, -0.25) is 9.59 Å². The molecule has 0 bridgehead atoms. The van der Waals surface area contributed by atoms with Crippen LogP contribution in [0.3, 0.4) is 0 Å². The van der Waals surface area contributed by atoms with Gasteiger partial charge in [0.05, 0.1) is 0 Å². The van der Waals surface area contributed by atoms with E-state index < -0.39 is 17.6 Å². The van der Waals surface area contributed by atoms with Crippen LogP contribution in [0.4, 0.5) is 15.8 Å². The molecule has 1 fully saturated rings. The molecule has 1 aliphatic rings. The van der Waals surface area contributed by atoms with Gasteiger partial charge in [0.15, 0.2) is 0 Å². The third kappa shape index (κ3) is 5.81. The van der Waals surface area contributed by atoms with E-state index in [0.29, 0.717) is 12.2 Å². The Morgan fingerprint density at radius 2 is 1.57 bits per heavy atom. The Morgan fingerprint density at radius 1 is 0.893 bits per heavy atom. The van der Waals surface area contributed by atoms with Gasteiger partial charge in [-0.2, -0.15) is 0 Å². The van der Waals surface area contributed by atoms with Crippen molar-refractivity contribution in [3.8, 4) is 0 Å². The molecule has 2 aromatic carbocycles. The highest BCUT2D eigenvalue weighted by molar-refractivity contribution is 6.39. The quantitative estimate of drug-likeness (QED) is 0.593. The van der Waals surface area contributed by atoms with Crippen LogP contribution < -0.4 is 15.5 Å². The molecule has 5 nitrogen and oxygen atoms in total. The number of nitrogens with zero attached hydrogens (tertiary/aromatic N) is 1. The first-order valence-electron chi connectivity index (χ1n) is 9.80. The Balaban J connectivity index is 1.37. The van der Waals surface area contributed by atoms with Gasteiger partial charge in [-0.1, -0.05) is 12.1 Å². The van der Waals surface area contributed by atoms with Crippen molar-refractivity contribution in [3.63, 3.8) is 0 Å². The van der Waals surface area contributed by atoms with Crippen LogP contribution in [-0.4, -0.2) is 31.4 Å². The van der Waals surface area contributed by atoms with E-state index in [4.69, 9.17) is 0 Å². The number of amides is 2. The molecule has 0 unspecified atom stereocenters. The predicted molar refractivity (Wildman–Crippen MR) is 109 cm³/mol. The molecule has 2 N–H and O–H groups in total. The minimum Gasteiger partial charge on any atom is -0.372 e. The predicted octanol–water partition coefficient (Wildman–Crippen LogP) is 3.50. The number of rotatable bonds is 6. The van der Waals surface area contributed by atoms with Crippen molar-refractivity contribution in [1.82, 2.24) is 5.32 Å². The average molecular weight is 383 g/mol. The van der Waals surface area contributed by atoms with E-state index in [9.17, 15) is 14.0 Å². The molecule has 0 atom stereocenters. The van der Waals surface area contributed by atoms with E-state index in [-0.39, 0.29) is 0 Å². The number of halogens is 1. The number of carbonyl (C=O) groups is 2. The zero-order valence-electron chi connectivity index (χ0n) is 15.9. The molecular formula is C22H26FN3O2. The summed E-state index contributed by atoms with van der Waals surface area (Å²) in [6.45, 7) is 2.68. The van der Waals surface area contributed by atoms with E-state index in [2.05, 4.69) is 39.8 Å². The van der Waals surface area contributed by atoms with E-state index in [1.807, 2.05) is 0 Å². The lowest BCUT2D eigenvalue weighted by Gasteiger charge is -2.28. The summed E-state index contributed by atoms with van der Waals surface area (Å²) < 4.78 is 12.9. The topological polar surface area (TPSA) is 61.4 Å². The van der Waals surface area contributed by atoms with Crippen molar-refractivity contribution >= 4 is 23.2 Å². The molecule has 2 aromatic rings. The number of hydrogen-bond acceptors (Lipinski definition) is 3. The van der Waals surface area contributed by atoms with Gasteiger partial charge >= 0.3 is 11.8 Å². The van der Waals surface area contributed by atoms with Crippen molar-refractivity contribution in [2.75, 3.05) is 29.9 Å². The first-order chi connectivity index (χ1) is 13.6. The van der Waals surface area contributed by atoms with Gasteiger partial charge in [0.25, 0.3) is 0 Å². The fourth-order valence-corrected chi connectivity index (χ4v) is 3.32. The molecule has 3 rings (SSSR count). The minimum atomic E-state index is -0.752. The first-order valence-corrected chi connectivity index (χ1v) is 9.80. The summed E-state index contributed by atoms with van der Waals surface area (Å²) in [6, 6.07) is 13.9. The summed E-state index contributed by atoms with van der Waals surface area (Å²) in [6.07, 6.45) is 5.42. The van der Waals surface area contributed by atoms with Gasteiger partial charge in [-0.15, -0.1) is 0 Å². The maximum atomic E-state index is 12.9. The molecule has 0 aliphatic carbocycles. The molecule has 6 heteroatoms. The molecule has 2 amide bonds. The number of benzene rings is 2. The van der Waals surface area contributed by atoms with Crippen LogP contribution in [-0.2, 0) is 16.0 Å². The largest absolute Gasteiger partial charge is 0.372 e. The zero-order chi connectivity index (χ0) is 19.8. The Kier molecular flexibility index (Phi) is 7.00. The number of nitrogens with one attached hydrogen (secondary N) is 2. The normalized spacial score (nSPS) is 13.8. The minimum absolute atomic E-state index is 0.385. The van der Waals surface area contributed by atoms with Gasteiger partial charge in [0.2, 0.25) is 0 Å². The molecule has 1 saturated heterocycles. The second-order valence-electron chi connectivity index (χ2n) is 7.03. The highest BCUT2D eigenvalue weighted by Crippen LogP contribution is 2.20. The first kappa shape index (κ1) is 19.9. The Bertz CT molecular complexity index is 784. The van der Waals surface area contributed by atoms with Crippen LogP contribution in [0.15, 0.2) is 48.5 Å². The molecule has 0 aromatic heterocycles.